The molecule has 0 aromatic heterocycles. The highest BCUT2D eigenvalue weighted by atomic mass is 32.2. The maximum atomic E-state index is 13.1. The largest absolute Gasteiger partial charge is 0.456 e. The van der Waals surface area contributed by atoms with Gasteiger partial charge in [-0.05, 0) is 48.3 Å². The number of fused-ring (bicyclic) bond motifs is 6. The maximum Gasteiger partial charge on any atom is 0.340 e. The summed E-state index contributed by atoms with van der Waals surface area (Å²) in [5.74, 6) is 1.10. The summed E-state index contributed by atoms with van der Waals surface area (Å²) in [7, 11) is 0. The number of anilines is 1. The first kappa shape index (κ1) is 22.7. The summed E-state index contributed by atoms with van der Waals surface area (Å²) in [4.78, 5) is 14.1. The minimum atomic E-state index is -1.05. The Balaban J connectivity index is 1.39. The van der Waals surface area contributed by atoms with Crippen LogP contribution in [0.3, 0.4) is 0 Å². The molecule has 2 aliphatic heterocycles. The number of carbonyl (C=O) groups excluding carboxylic acids is 1. The lowest BCUT2D eigenvalue weighted by Gasteiger charge is -2.38. The van der Waals surface area contributed by atoms with Crippen LogP contribution in [-0.2, 0) is 10.3 Å². The van der Waals surface area contributed by atoms with Crippen molar-refractivity contribution in [1.82, 2.24) is 4.31 Å². The molecule has 1 unspecified atom stereocenters. The molecule has 6 rings (SSSR count). The smallest absolute Gasteiger partial charge is 0.340 e. The highest BCUT2D eigenvalue weighted by Crippen LogP contribution is 2.58. The van der Waals surface area contributed by atoms with E-state index in [9.17, 15) is 4.79 Å². The van der Waals surface area contributed by atoms with Crippen LogP contribution in [0.25, 0.3) is 0 Å². The average molecular weight is 495 g/mol. The topological polar surface area (TPSA) is 50.8 Å². The van der Waals surface area contributed by atoms with Gasteiger partial charge in [0.25, 0.3) is 0 Å². The van der Waals surface area contributed by atoms with Crippen LogP contribution in [0, 0.1) is 0 Å². The molecule has 0 fully saturated rings. The standard InChI is InChI=1S/C30H26N2O3S/c1-2-32(20-19-31-21-11-4-3-5-12-21)36-27-18-10-17-26-28(27)30(24-15-8-9-16-25(24)34-26)23-14-7-6-13-22(23)29(33)35-30/h3-18,31H,2,19-20H2,1H3. The predicted molar refractivity (Wildman–Crippen MR) is 143 cm³/mol. The third-order valence-corrected chi connectivity index (χ3v) is 7.88. The molecule has 4 aromatic carbocycles. The van der Waals surface area contributed by atoms with Crippen LogP contribution in [-0.4, -0.2) is 29.9 Å². The molecule has 0 saturated heterocycles. The molecule has 0 amide bonds. The average Bonchev–Trinajstić information content (AvgIpc) is 3.21. The second-order valence-electron chi connectivity index (χ2n) is 8.75. The van der Waals surface area contributed by atoms with Crippen LogP contribution in [0.5, 0.6) is 11.5 Å². The minimum absolute atomic E-state index is 0.313. The molecular formula is C30H26N2O3S. The van der Waals surface area contributed by atoms with Crippen molar-refractivity contribution in [2.45, 2.75) is 17.4 Å². The van der Waals surface area contributed by atoms with E-state index >= 15 is 0 Å². The minimum Gasteiger partial charge on any atom is -0.456 e. The summed E-state index contributed by atoms with van der Waals surface area (Å²) >= 11 is 1.67. The van der Waals surface area contributed by atoms with Crippen LogP contribution >= 0.6 is 11.9 Å². The van der Waals surface area contributed by atoms with E-state index < -0.39 is 5.60 Å². The Kier molecular flexibility index (Phi) is 5.91. The number of esters is 1. The first-order valence-corrected chi connectivity index (χ1v) is 12.9. The third kappa shape index (κ3) is 3.74. The monoisotopic (exact) mass is 494 g/mol. The second kappa shape index (κ2) is 9.37. The molecule has 1 atom stereocenters. The molecule has 4 aromatic rings. The van der Waals surface area contributed by atoms with Crippen molar-refractivity contribution in [3.8, 4) is 11.5 Å². The van der Waals surface area contributed by atoms with Gasteiger partial charge in [-0.15, -0.1) is 0 Å². The van der Waals surface area contributed by atoms with E-state index in [1.807, 2.05) is 78.9 Å². The van der Waals surface area contributed by atoms with Gasteiger partial charge in [0.2, 0.25) is 0 Å². The number of para-hydroxylation sites is 2. The summed E-state index contributed by atoms with van der Waals surface area (Å²) < 4.78 is 15.0. The van der Waals surface area contributed by atoms with Crippen molar-refractivity contribution in [3.05, 3.63) is 119 Å². The SMILES string of the molecule is CCN(CCNc1ccccc1)Sc1cccc2c1C1(OC(=O)c3ccccc31)c1ccccc1O2. The van der Waals surface area contributed by atoms with E-state index in [2.05, 4.69) is 34.7 Å². The molecule has 0 aliphatic carbocycles. The van der Waals surface area contributed by atoms with Gasteiger partial charge >= 0.3 is 5.97 Å². The van der Waals surface area contributed by atoms with Gasteiger partial charge in [-0.2, -0.15) is 0 Å². The van der Waals surface area contributed by atoms with E-state index in [1.165, 1.54) is 0 Å². The van der Waals surface area contributed by atoms with Crippen LogP contribution in [0.1, 0.15) is 34.0 Å². The summed E-state index contributed by atoms with van der Waals surface area (Å²) in [5, 5.41) is 3.49. The van der Waals surface area contributed by atoms with Gasteiger partial charge < -0.3 is 14.8 Å². The summed E-state index contributed by atoms with van der Waals surface area (Å²) in [5.41, 5.74) is 3.23. The molecule has 2 heterocycles. The first-order chi connectivity index (χ1) is 17.7. The first-order valence-electron chi connectivity index (χ1n) is 12.2. The Morgan fingerprint density at radius 3 is 2.39 bits per heavy atom. The number of benzene rings is 4. The second-order valence-corrected chi connectivity index (χ2v) is 9.89. The zero-order valence-electron chi connectivity index (χ0n) is 19.9. The van der Waals surface area contributed by atoms with E-state index in [0.717, 1.165) is 46.9 Å². The van der Waals surface area contributed by atoms with Crippen LogP contribution in [0.15, 0.2) is 102 Å². The number of likely N-dealkylation sites (N-methyl/N-ethyl adjacent to an activating group) is 1. The van der Waals surface area contributed by atoms with E-state index in [4.69, 9.17) is 9.47 Å². The van der Waals surface area contributed by atoms with Crippen LogP contribution in [0.4, 0.5) is 5.69 Å². The van der Waals surface area contributed by atoms with Gasteiger partial charge in [-0.3, -0.25) is 0 Å². The van der Waals surface area contributed by atoms with Crippen molar-refractivity contribution in [1.29, 1.82) is 0 Å². The Morgan fingerprint density at radius 1 is 0.833 bits per heavy atom. The van der Waals surface area contributed by atoms with Gasteiger partial charge in [-0.25, -0.2) is 9.10 Å². The number of hydrogen-bond acceptors (Lipinski definition) is 6. The highest BCUT2D eigenvalue weighted by Gasteiger charge is 2.54. The zero-order valence-corrected chi connectivity index (χ0v) is 20.8. The van der Waals surface area contributed by atoms with E-state index in [1.54, 1.807) is 11.9 Å². The van der Waals surface area contributed by atoms with Gasteiger partial charge in [0.05, 0.1) is 11.1 Å². The maximum absolute atomic E-state index is 13.1. The Labute approximate surface area is 215 Å². The van der Waals surface area contributed by atoms with Gasteiger partial charge in [0.1, 0.15) is 11.5 Å². The molecule has 1 spiro atoms. The van der Waals surface area contributed by atoms with Crippen molar-refractivity contribution >= 4 is 23.6 Å². The van der Waals surface area contributed by atoms with Gasteiger partial charge in [0.15, 0.2) is 5.60 Å². The van der Waals surface area contributed by atoms with Gasteiger partial charge in [0, 0.05) is 41.3 Å². The predicted octanol–water partition coefficient (Wildman–Crippen LogP) is 6.70. The highest BCUT2D eigenvalue weighted by molar-refractivity contribution is 7.97. The molecule has 0 saturated carbocycles. The number of nitrogens with zero attached hydrogens (tertiary/aromatic N) is 1. The number of ether oxygens (including phenoxy) is 2. The normalized spacial score (nSPS) is 17.2. The number of rotatable bonds is 7. The molecule has 180 valence electrons. The quantitative estimate of drug-likeness (QED) is 0.228. The van der Waals surface area contributed by atoms with E-state index in [-0.39, 0.29) is 5.97 Å². The molecular weight excluding hydrogens is 468 g/mol. The van der Waals surface area contributed by atoms with Crippen LogP contribution < -0.4 is 10.1 Å². The van der Waals surface area contributed by atoms with Crippen molar-refractivity contribution in [3.63, 3.8) is 0 Å². The fourth-order valence-corrected chi connectivity index (χ4v) is 6.07. The van der Waals surface area contributed by atoms with Crippen LogP contribution in [0.2, 0.25) is 0 Å². The van der Waals surface area contributed by atoms with E-state index in [0.29, 0.717) is 17.1 Å². The molecule has 5 nitrogen and oxygen atoms in total. The molecule has 6 heteroatoms. The fourth-order valence-electron chi connectivity index (χ4n) is 5.01. The Hall–Kier alpha value is -3.74. The zero-order chi connectivity index (χ0) is 24.5. The molecule has 1 N–H and O–H groups in total. The third-order valence-electron chi connectivity index (χ3n) is 6.64. The van der Waals surface area contributed by atoms with Gasteiger partial charge in [-0.1, -0.05) is 67.6 Å². The number of nitrogens with one attached hydrogen (secondary N) is 1. The number of carbonyl (C=O) groups is 1. The summed E-state index contributed by atoms with van der Waals surface area (Å²) in [6, 6.07) is 31.8. The summed E-state index contributed by atoms with van der Waals surface area (Å²) in [6.07, 6.45) is 0. The van der Waals surface area contributed by atoms with Crippen molar-refractivity contribution in [2.75, 3.05) is 25.0 Å². The molecule has 0 bridgehead atoms. The van der Waals surface area contributed by atoms with Crippen molar-refractivity contribution in [2.24, 2.45) is 0 Å². The molecule has 2 aliphatic rings. The number of hydrogen-bond donors (Lipinski definition) is 1. The molecule has 0 radical (unpaired) electrons. The lowest BCUT2D eigenvalue weighted by molar-refractivity contribution is 0.0215. The fraction of sp³-hybridized carbons (Fsp3) is 0.167. The lowest BCUT2D eigenvalue weighted by atomic mass is 9.77. The Bertz CT molecular complexity index is 1420. The summed E-state index contributed by atoms with van der Waals surface area (Å²) in [6.45, 7) is 4.64. The molecule has 36 heavy (non-hydrogen) atoms. The lowest BCUT2D eigenvalue weighted by Crippen LogP contribution is -2.34. The van der Waals surface area contributed by atoms with Crippen molar-refractivity contribution < 1.29 is 14.3 Å². The Morgan fingerprint density at radius 2 is 1.56 bits per heavy atom.